The third-order valence-corrected chi connectivity index (χ3v) is 6.89. The second-order valence-corrected chi connectivity index (χ2v) is 10.1. The molecule has 2 aliphatic rings. The lowest BCUT2D eigenvalue weighted by Crippen LogP contribution is -2.41. The highest BCUT2D eigenvalue weighted by atomic mass is 32.2. The number of nitrogens with one attached hydrogen (secondary N) is 3. The molecule has 1 aromatic carbocycles. The minimum absolute atomic E-state index is 0.0681. The molecule has 13 heteroatoms. The number of anilines is 4. The van der Waals surface area contributed by atoms with Crippen molar-refractivity contribution in [3.05, 3.63) is 35.5 Å². The topological polar surface area (TPSA) is 116 Å². The zero-order valence-corrected chi connectivity index (χ0v) is 18.6. The van der Waals surface area contributed by atoms with Crippen LogP contribution in [0.15, 0.2) is 24.4 Å². The SMILES string of the molecule is CS(=O)(=O)N1CCCC(CNc2nc(Nc3cccc4c3NC(=O)C4)ncc2C(F)(F)F)C1. The van der Waals surface area contributed by atoms with Crippen LogP contribution in [0.25, 0.3) is 0 Å². The molecule has 3 N–H and O–H groups in total. The normalized spacial score (nSPS) is 19.2. The van der Waals surface area contributed by atoms with Gasteiger partial charge < -0.3 is 16.0 Å². The van der Waals surface area contributed by atoms with Gasteiger partial charge in [0.2, 0.25) is 21.9 Å². The standard InChI is InChI=1S/C20H23F3N6O3S/c1-33(31,32)29-7-3-4-12(11-29)9-24-18-14(20(21,22)23)10-25-19(28-18)26-15-6-2-5-13-8-16(30)27-17(13)15/h2,5-6,10,12H,3-4,7-9,11H2,1H3,(H,27,30)(H2,24,25,26,28). The van der Waals surface area contributed by atoms with Crippen LogP contribution in [0.2, 0.25) is 0 Å². The number of sulfonamides is 1. The van der Waals surface area contributed by atoms with Gasteiger partial charge >= 0.3 is 6.18 Å². The molecule has 1 unspecified atom stereocenters. The summed E-state index contributed by atoms with van der Waals surface area (Å²) in [6.45, 7) is 0.768. The molecule has 1 atom stereocenters. The number of para-hydroxylation sites is 1. The monoisotopic (exact) mass is 484 g/mol. The third kappa shape index (κ3) is 5.36. The Hall–Kier alpha value is -2.93. The molecule has 178 valence electrons. The highest BCUT2D eigenvalue weighted by Crippen LogP contribution is 2.36. The van der Waals surface area contributed by atoms with Crippen LogP contribution in [0.3, 0.4) is 0 Å². The number of aromatic nitrogens is 2. The van der Waals surface area contributed by atoms with E-state index < -0.39 is 27.6 Å². The molecular formula is C20H23F3N6O3S. The van der Waals surface area contributed by atoms with Gasteiger partial charge in [-0.05, 0) is 30.4 Å². The van der Waals surface area contributed by atoms with E-state index in [1.54, 1.807) is 18.2 Å². The fourth-order valence-corrected chi connectivity index (χ4v) is 4.94. The molecule has 4 rings (SSSR count). The number of carbonyl (C=O) groups excluding carboxylic acids is 1. The van der Waals surface area contributed by atoms with Gasteiger partial charge in [-0.3, -0.25) is 4.79 Å². The first-order chi connectivity index (χ1) is 15.5. The lowest BCUT2D eigenvalue weighted by molar-refractivity contribution is -0.137. The minimum Gasteiger partial charge on any atom is -0.369 e. The molecular weight excluding hydrogens is 461 g/mol. The number of alkyl halides is 3. The van der Waals surface area contributed by atoms with Gasteiger partial charge in [-0.2, -0.15) is 18.2 Å². The molecule has 9 nitrogen and oxygen atoms in total. The summed E-state index contributed by atoms with van der Waals surface area (Å²) in [7, 11) is -3.36. The molecule has 2 aromatic rings. The number of carbonyl (C=O) groups is 1. The Morgan fingerprint density at radius 1 is 1.30 bits per heavy atom. The first-order valence-corrected chi connectivity index (χ1v) is 12.2. The third-order valence-electron chi connectivity index (χ3n) is 5.62. The quantitative estimate of drug-likeness (QED) is 0.577. The van der Waals surface area contributed by atoms with Crippen molar-refractivity contribution in [3.8, 4) is 0 Å². The zero-order chi connectivity index (χ0) is 23.8. The number of fused-ring (bicyclic) bond motifs is 1. The summed E-state index contributed by atoms with van der Waals surface area (Å²) in [5.74, 6) is -0.798. The molecule has 3 heterocycles. The first kappa shape index (κ1) is 23.2. The van der Waals surface area contributed by atoms with Crippen LogP contribution in [0, 0.1) is 5.92 Å². The molecule has 0 aliphatic carbocycles. The van der Waals surface area contributed by atoms with E-state index in [9.17, 15) is 26.4 Å². The van der Waals surface area contributed by atoms with Gasteiger partial charge in [0.1, 0.15) is 11.4 Å². The van der Waals surface area contributed by atoms with E-state index in [0.717, 1.165) is 11.8 Å². The summed E-state index contributed by atoms with van der Waals surface area (Å²) in [5.41, 5.74) is 0.766. The summed E-state index contributed by atoms with van der Waals surface area (Å²) >= 11 is 0. The molecule has 2 aliphatic heterocycles. The van der Waals surface area contributed by atoms with Gasteiger partial charge in [0, 0.05) is 25.8 Å². The van der Waals surface area contributed by atoms with Crippen molar-refractivity contribution in [2.75, 3.05) is 41.8 Å². The van der Waals surface area contributed by atoms with Crippen molar-refractivity contribution in [2.24, 2.45) is 5.92 Å². The van der Waals surface area contributed by atoms with E-state index in [4.69, 9.17) is 0 Å². The van der Waals surface area contributed by atoms with Gasteiger partial charge in [0.05, 0.1) is 24.1 Å². The van der Waals surface area contributed by atoms with Crippen LogP contribution in [0.1, 0.15) is 24.0 Å². The number of rotatable bonds is 6. The summed E-state index contributed by atoms with van der Waals surface area (Å²) in [6, 6.07) is 5.17. The fourth-order valence-electron chi connectivity index (χ4n) is 4.00. The van der Waals surface area contributed by atoms with Crippen LogP contribution in [-0.2, 0) is 27.4 Å². The van der Waals surface area contributed by atoms with Gasteiger partial charge in [-0.15, -0.1) is 0 Å². The minimum atomic E-state index is -4.67. The Labute approximate surface area is 188 Å². The number of piperidine rings is 1. The Morgan fingerprint density at radius 2 is 2.09 bits per heavy atom. The Bertz CT molecular complexity index is 1170. The second kappa shape index (κ2) is 8.78. The van der Waals surface area contributed by atoms with Crippen molar-refractivity contribution in [3.63, 3.8) is 0 Å². The molecule has 0 bridgehead atoms. The predicted molar refractivity (Wildman–Crippen MR) is 117 cm³/mol. The largest absolute Gasteiger partial charge is 0.421 e. The number of amides is 1. The lowest BCUT2D eigenvalue weighted by Gasteiger charge is -2.31. The van der Waals surface area contributed by atoms with Crippen molar-refractivity contribution < 1.29 is 26.4 Å². The van der Waals surface area contributed by atoms with E-state index in [1.807, 2.05) is 0 Å². The zero-order valence-electron chi connectivity index (χ0n) is 17.7. The Kier molecular flexibility index (Phi) is 6.18. The number of hydrogen-bond acceptors (Lipinski definition) is 7. The number of halogens is 3. The Balaban J connectivity index is 1.54. The van der Waals surface area contributed by atoms with Crippen LogP contribution in [-0.4, -0.2) is 54.5 Å². The van der Waals surface area contributed by atoms with Crippen molar-refractivity contribution >= 4 is 39.1 Å². The van der Waals surface area contributed by atoms with E-state index in [2.05, 4.69) is 25.9 Å². The molecule has 0 saturated carbocycles. The van der Waals surface area contributed by atoms with Gasteiger partial charge in [-0.1, -0.05) is 12.1 Å². The summed E-state index contributed by atoms with van der Waals surface area (Å²) in [5, 5.41) is 8.34. The van der Waals surface area contributed by atoms with Gasteiger partial charge in [0.15, 0.2) is 0 Å². The number of benzene rings is 1. The highest BCUT2D eigenvalue weighted by molar-refractivity contribution is 7.88. The first-order valence-electron chi connectivity index (χ1n) is 10.3. The molecule has 0 radical (unpaired) electrons. The van der Waals surface area contributed by atoms with Crippen LogP contribution in [0.4, 0.5) is 36.3 Å². The van der Waals surface area contributed by atoms with E-state index in [1.165, 1.54) is 4.31 Å². The molecule has 33 heavy (non-hydrogen) atoms. The molecule has 0 spiro atoms. The fraction of sp³-hybridized carbons (Fsp3) is 0.450. The van der Waals surface area contributed by atoms with Crippen molar-refractivity contribution in [1.29, 1.82) is 0 Å². The predicted octanol–water partition coefficient (Wildman–Crippen LogP) is 2.82. The van der Waals surface area contributed by atoms with E-state index >= 15 is 0 Å². The summed E-state index contributed by atoms with van der Waals surface area (Å²) in [6.07, 6.45) is -1.32. The summed E-state index contributed by atoms with van der Waals surface area (Å²) < 4.78 is 65.6. The van der Waals surface area contributed by atoms with Crippen molar-refractivity contribution in [2.45, 2.75) is 25.4 Å². The number of hydrogen-bond donors (Lipinski definition) is 3. The summed E-state index contributed by atoms with van der Waals surface area (Å²) in [4.78, 5) is 19.5. The van der Waals surface area contributed by atoms with Gasteiger partial charge in [0.25, 0.3) is 0 Å². The second-order valence-electron chi connectivity index (χ2n) is 8.15. The van der Waals surface area contributed by atoms with E-state index in [-0.39, 0.29) is 37.3 Å². The lowest BCUT2D eigenvalue weighted by atomic mass is 10.00. The Morgan fingerprint density at radius 3 is 2.82 bits per heavy atom. The maximum atomic E-state index is 13.5. The van der Waals surface area contributed by atoms with Crippen LogP contribution < -0.4 is 16.0 Å². The van der Waals surface area contributed by atoms with Crippen molar-refractivity contribution in [1.82, 2.24) is 14.3 Å². The highest BCUT2D eigenvalue weighted by Gasteiger charge is 2.36. The smallest absolute Gasteiger partial charge is 0.369 e. The molecule has 1 amide bonds. The van der Waals surface area contributed by atoms with Crippen LogP contribution in [0.5, 0.6) is 0 Å². The molecule has 1 saturated heterocycles. The van der Waals surface area contributed by atoms with E-state index in [0.29, 0.717) is 37.0 Å². The van der Waals surface area contributed by atoms with Crippen LogP contribution >= 0.6 is 0 Å². The average molecular weight is 485 g/mol. The van der Waals surface area contributed by atoms with Gasteiger partial charge in [-0.25, -0.2) is 17.7 Å². The molecule has 1 fully saturated rings. The number of nitrogens with zero attached hydrogens (tertiary/aromatic N) is 3. The molecule has 1 aromatic heterocycles. The maximum Gasteiger partial charge on any atom is 0.421 e. The maximum absolute atomic E-state index is 13.5. The average Bonchev–Trinajstić information content (AvgIpc) is 3.12.